The Labute approximate surface area is 235 Å². The van der Waals surface area contributed by atoms with Crippen molar-refractivity contribution >= 4 is 0 Å². The van der Waals surface area contributed by atoms with Crippen molar-refractivity contribution in [1.82, 2.24) is 0 Å². The molecule has 0 saturated carbocycles. The van der Waals surface area contributed by atoms with E-state index in [9.17, 15) is 10.2 Å². The smallest absolute Gasteiger partial charge is 0.193 e. The molecule has 5 aromatic carbocycles. The van der Waals surface area contributed by atoms with Crippen molar-refractivity contribution in [2.45, 2.75) is 36.1 Å². The molecule has 1 fully saturated rings. The van der Waals surface area contributed by atoms with E-state index < -0.39 is 29.2 Å². The Morgan fingerprint density at radius 1 is 0.450 bits per heavy atom. The fourth-order valence-corrected chi connectivity index (χ4v) is 5.88. The van der Waals surface area contributed by atoms with Gasteiger partial charge in [-0.25, -0.2) is 0 Å². The summed E-state index contributed by atoms with van der Waals surface area (Å²) in [6, 6.07) is 47.5. The number of hydrogen-bond donors (Lipinski definition) is 2. The van der Waals surface area contributed by atoms with E-state index in [0.29, 0.717) is 22.3 Å². The Balaban J connectivity index is 1.63. The van der Waals surface area contributed by atoms with Crippen LogP contribution in [-0.2, 0) is 26.5 Å². The molecule has 4 nitrogen and oxygen atoms in total. The zero-order valence-corrected chi connectivity index (χ0v) is 22.3. The van der Waals surface area contributed by atoms with Gasteiger partial charge in [0.1, 0.15) is 23.4 Å². The summed E-state index contributed by atoms with van der Waals surface area (Å²) >= 11 is 0. The molecule has 5 aromatic rings. The van der Waals surface area contributed by atoms with Gasteiger partial charge in [0.2, 0.25) is 0 Å². The highest BCUT2D eigenvalue weighted by Gasteiger charge is 2.62. The van der Waals surface area contributed by atoms with Gasteiger partial charge in [-0.15, -0.1) is 0 Å². The van der Waals surface area contributed by atoms with Crippen molar-refractivity contribution in [3.05, 3.63) is 179 Å². The van der Waals surface area contributed by atoms with Crippen LogP contribution in [-0.4, -0.2) is 22.4 Å². The van der Waals surface area contributed by atoms with E-state index in [-0.39, 0.29) is 0 Å². The second kappa shape index (κ2) is 10.5. The fourth-order valence-electron chi connectivity index (χ4n) is 5.88. The minimum absolute atomic E-state index is 0.639. The number of benzene rings is 5. The number of ether oxygens (including phenoxy) is 2. The van der Waals surface area contributed by atoms with Gasteiger partial charge in [0, 0.05) is 5.56 Å². The lowest BCUT2D eigenvalue weighted by atomic mass is 9.72. The normalized spacial score (nSPS) is 18.9. The molecule has 1 aliphatic heterocycles. The Hall–Kier alpha value is -4.06. The molecule has 0 aromatic heterocycles. The standard InChI is InChI=1S/C36H32O4/c1-34(27-17-7-2-8-18-27)39-32(35(37,28-19-9-3-10-20-28)29-21-11-4-12-22-29)33(40-34)36(38,30-23-13-5-14-24-30)31-25-15-6-16-26-31/h2-26,32-33,37-38H,1H3/t32-,33-/m0/s1. The number of hydrogen-bond acceptors (Lipinski definition) is 4. The van der Waals surface area contributed by atoms with Crippen LogP contribution in [0.2, 0.25) is 0 Å². The molecular weight excluding hydrogens is 496 g/mol. The summed E-state index contributed by atoms with van der Waals surface area (Å²) in [5, 5.41) is 25.9. The van der Waals surface area contributed by atoms with E-state index in [1.807, 2.05) is 159 Å². The molecule has 0 spiro atoms. The third kappa shape index (κ3) is 4.36. The van der Waals surface area contributed by atoms with Crippen molar-refractivity contribution in [3.63, 3.8) is 0 Å². The fraction of sp³-hybridized carbons (Fsp3) is 0.167. The van der Waals surface area contributed by atoms with Crippen LogP contribution in [0.3, 0.4) is 0 Å². The van der Waals surface area contributed by atoms with Gasteiger partial charge >= 0.3 is 0 Å². The van der Waals surface area contributed by atoms with Crippen LogP contribution in [0.4, 0.5) is 0 Å². The monoisotopic (exact) mass is 528 g/mol. The van der Waals surface area contributed by atoms with Gasteiger partial charge in [-0.3, -0.25) is 0 Å². The third-order valence-corrected chi connectivity index (χ3v) is 7.96. The molecule has 200 valence electrons. The lowest BCUT2D eigenvalue weighted by molar-refractivity contribution is -0.193. The van der Waals surface area contributed by atoms with Crippen LogP contribution in [0, 0.1) is 0 Å². The predicted molar refractivity (Wildman–Crippen MR) is 155 cm³/mol. The SMILES string of the molecule is CC1(c2ccccc2)O[C@H](C(O)(c2ccccc2)c2ccccc2)[C@@H](C(O)(c2ccccc2)c2ccccc2)O1. The molecule has 1 heterocycles. The van der Waals surface area contributed by atoms with Crippen molar-refractivity contribution in [3.8, 4) is 0 Å². The first kappa shape index (κ1) is 26.2. The van der Waals surface area contributed by atoms with Crippen LogP contribution in [0.25, 0.3) is 0 Å². The van der Waals surface area contributed by atoms with Gasteiger partial charge in [0.15, 0.2) is 5.79 Å². The maximum Gasteiger partial charge on any atom is 0.193 e. The molecule has 1 saturated heterocycles. The van der Waals surface area contributed by atoms with Gasteiger partial charge in [-0.2, -0.15) is 0 Å². The van der Waals surface area contributed by atoms with Crippen molar-refractivity contribution < 1.29 is 19.7 Å². The summed E-state index contributed by atoms with van der Waals surface area (Å²) in [4.78, 5) is 0. The van der Waals surface area contributed by atoms with Crippen LogP contribution in [0.15, 0.2) is 152 Å². The average Bonchev–Trinajstić information content (AvgIpc) is 3.42. The quantitative estimate of drug-likeness (QED) is 0.253. The molecule has 0 bridgehead atoms. The molecule has 6 rings (SSSR count). The van der Waals surface area contributed by atoms with Crippen molar-refractivity contribution in [2.24, 2.45) is 0 Å². The Morgan fingerprint density at radius 3 is 0.975 bits per heavy atom. The molecule has 40 heavy (non-hydrogen) atoms. The molecule has 1 aliphatic rings. The van der Waals surface area contributed by atoms with E-state index in [1.54, 1.807) is 0 Å². The maximum atomic E-state index is 12.9. The summed E-state index contributed by atoms with van der Waals surface area (Å²) in [5.41, 5.74) is 0.00549. The van der Waals surface area contributed by atoms with Crippen LogP contribution in [0.1, 0.15) is 34.7 Å². The Bertz CT molecular complexity index is 1350. The Morgan fingerprint density at radius 2 is 0.700 bits per heavy atom. The predicted octanol–water partition coefficient (Wildman–Crippen LogP) is 6.52. The van der Waals surface area contributed by atoms with E-state index >= 15 is 0 Å². The number of rotatable bonds is 7. The average molecular weight is 529 g/mol. The van der Waals surface area contributed by atoms with Crippen LogP contribution in [0.5, 0.6) is 0 Å². The first-order valence-electron chi connectivity index (χ1n) is 13.5. The van der Waals surface area contributed by atoms with E-state index in [4.69, 9.17) is 9.47 Å². The minimum Gasteiger partial charge on any atom is -0.378 e. The van der Waals surface area contributed by atoms with Gasteiger partial charge in [-0.1, -0.05) is 152 Å². The molecule has 0 unspecified atom stereocenters. The lowest BCUT2D eigenvalue weighted by Gasteiger charge is -2.42. The molecule has 0 amide bonds. The Kier molecular flexibility index (Phi) is 6.87. The van der Waals surface area contributed by atoms with Gasteiger partial charge in [-0.05, 0) is 29.2 Å². The molecule has 4 heteroatoms. The summed E-state index contributed by atoms with van der Waals surface area (Å²) in [5.74, 6) is -1.26. The highest BCUT2D eigenvalue weighted by Crippen LogP contribution is 2.52. The molecule has 2 N–H and O–H groups in total. The zero-order valence-electron chi connectivity index (χ0n) is 22.3. The van der Waals surface area contributed by atoms with Gasteiger partial charge in [0.05, 0.1) is 0 Å². The first-order valence-corrected chi connectivity index (χ1v) is 13.5. The van der Waals surface area contributed by atoms with Gasteiger partial charge in [0.25, 0.3) is 0 Å². The van der Waals surface area contributed by atoms with Crippen LogP contribution >= 0.6 is 0 Å². The summed E-state index contributed by atoms with van der Waals surface area (Å²) in [7, 11) is 0. The van der Waals surface area contributed by atoms with Gasteiger partial charge < -0.3 is 19.7 Å². The molecule has 0 aliphatic carbocycles. The summed E-state index contributed by atoms with van der Waals surface area (Å²) in [6.07, 6.45) is -2.04. The number of aliphatic hydroxyl groups is 2. The van der Waals surface area contributed by atoms with Crippen LogP contribution < -0.4 is 0 Å². The summed E-state index contributed by atoms with van der Waals surface area (Å²) in [6.45, 7) is 1.85. The van der Waals surface area contributed by atoms with Crippen molar-refractivity contribution in [1.29, 1.82) is 0 Å². The molecule has 0 radical (unpaired) electrons. The van der Waals surface area contributed by atoms with E-state index in [2.05, 4.69) is 0 Å². The lowest BCUT2D eigenvalue weighted by Crippen LogP contribution is -2.54. The van der Waals surface area contributed by atoms with E-state index in [0.717, 1.165) is 5.56 Å². The largest absolute Gasteiger partial charge is 0.378 e. The summed E-state index contributed by atoms with van der Waals surface area (Å²) < 4.78 is 13.8. The highest BCUT2D eigenvalue weighted by molar-refractivity contribution is 5.44. The second-order valence-electron chi connectivity index (χ2n) is 10.4. The zero-order chi connectivity index (χ0) is 27.6. The highest BCUT2D eigenvalue weighted by atomic mass is 16.8. The topological polar surface area (TPSA) is 58.9 Å². The molecular formula is C36H32O4. The van der Waals surface area contributed by atoms with Crippen molar-refractivity contribution in [2.75, 3.05) is 0 Å². The first-order chi connectivity index (χ1) is 19.5. The maximum absolute atomic E-state index is 12.9. The molecule has 2 atom stereocenters. The third-order valence-electron chi connectivity index (χ3n) is 7.96. The second-order valence-corrected chi connectivity index (χ2v) is 10.4. The van der Waals surface area contributed by atoms with E-state index in [1.165, 1.54) is 0 Å². The minimum atomic E-state index is -1.67.